The molecule has 2 atom stereocenters. The van der Waals surface area contributed by atoms with Crippen LogP contribution in [0.4, 0.5) is 11.6 Å². The molecular weight excluding hydrogens is 440 g/mol. The molecule has 8 nitrogen and oxygen atoms in total. The fraction of sp³-hybridized carbons (Fsp3) is 0.481. The topological polar surface area (TPSA) is 74.2 Å². The number of unbranched alkanes of at least 4 members (excludes halogenated alkanes) is 1. The Kier molecular flexibility index (Phi) is 7.68. The number of nitrogens with zero attached hydrogens (tertiary/aromatic N) is 6. The highest BCUT2D eigenvalue weighted by Crippen LogP contribution is 2.37. The summed E-state index contributed by atoms with van der Waals surface area (Å²) in [5, 5.41) is 6.36. The average molecular weight is 477 g/mol. The van der Waals surface area contributed by atoms with Crippen LogP contribution in [0.25, 0.3) is 0 Å². The zero-order valence-corrected chi connectivity index (χ0v) is 21.4. The number of ether oxygens (including phenoxy) is 1. The van der Waals surface area contributed by atoms with Crippen LogP contribution in [0.15, 0.2) is 41.6 Å². The molecule has 3 heterocycles. The number of para-hydroxylation sites is 1. The molecule has 0 bridgehead atoms. The van der Waals surface area contributed by atoms with Gasteiger partial charge in [-0.05, 0) is 45.4 Å². The zero-order chi connectivity index (χ0) is 24.9. The third-order valence-corrected chi connectivity index (χ3v) is 6.62. The summed E-state index contributed by atoms with van der Waals surface area (Å²) in [6.07, 6.45) is 7.52. The fourth-order valence-electron chi connectivity index (χ4n) is 5.02. The molecule has 0 radical (unpaired) electrons. The lowest BCUT2D eigenvalue weighted by Crippen LogP contribution is -2.34. The first-order valence-electron chi connectivity index (χ1n) is 12.4. The van der Waals surface area contributed by atoms with Gasteiger partial charge in [0.2, 0.25) is 5.95 Å². The lowest BCUT2D eigenvalue weighted by atomic mass is 10.0. The number of benzene rings is 1. The van der Waals surface area contributed by atoms with Crippen molar-refractivity contribution in [1.82, 2.24) is 14.9 Å². The van der Waals surface area contributed by atoms with E-state index in [1.54, 1.807) is 12.1 Å². The Labute approximate surface area is 208 Å². The second-order valence-corrected chi connectivity index (χ2v) is 9.36. The van der Waals surface area contributed by atoms with Crippen LogP contribution in [0.1, 0.15) is 48.4 Å². The molecule has 1 aromatic heterocycles. The van der Waals surface area contributed by atoms with E-state index in [-0.39, 0.29) is 5.91 Å². The van der Waals surface area contributed by atoms with Crippen molar-refractivity contribution in [2.45, 2.75) is 40.5 Å². The van der Waals surface area contributed by atoms with Crippen molar-refractivity contribution >= 4 is 23.8 Å². The van der Waals surface area contributed by atoms with Gasteiger partial charge < -0.3 is 14.5 Å². The van der Waals surface area contributed by atoms with E-state index in [0.717, 1.165) is 56.4 Å². The molecule has 0 aliphatic carbocycles. The Morgan fingerprint density at radius 2 is 1.86 bits per heavy atom. The molecule has 0 spiro atoms. The standard InChI is InChI=1S/C27H36N6O2/c1-6-8-12-28-33(13-7-2)25-23(10-9-11-24(25)35-5)26(34)31-15-21-17-32(18-22(21)16-31)27-29-19(3)14-20(4)30-27/h7,9-14,21-22H,6,8,15-18H2,1-5H3. The van der Waals surface area contributed by atoms with Crippen molar-refractivity contribution < 1.29 is 9.53 Å². The minimum Gasteiger partial charge on any atom is -0.494 e. The number of amides is 1. The maximum absolute atomic E-state index is 13.8. The monoisotopic (exact) mass is 476 g/mol. The maximum atomic E-state index is 13.8. The smallest absolute Gasteiger partial charge is 0.256 e. The van der Waals surface area contributed by atoms with Gasteiger partial charge >= 0.3 is 0 Å². The van der Waals surface area contributed by atoms with Crippen molar-refractivity contribution in [3.8, 4) is 5.75 Å². The summed E-state index contributed by atoms with van der Waals surface area (Å²) in [7, 11) is 1.63. The number of rotatable bonds is 8. The average Bonchev–Trinajstić information content (AvgIpc) is 3.42. The number of anilines is 2. The number of allylic oxidation sites excluding steroid dienone is 1. The van der Waals surface area contributed by atoms with Crippen molar-refractivity contribution in [1.29, 1.82) is 0 Å². The number of aromatic nitrogens is 2. The van der Waals surface area contributed by atoms with Crippen LogP contribution in [-0.2, 0) is 0 Å². The Morgan fingerprint density at radius 1 is 1.17 bits per heavy atom. The Morgan fingerprint density at radius 3 is 2.46 bits per heavy atom. The summed E-state index contributed by atoms with van der Waals surface area (Å²) in [4.78, 5) is 27.3. The van der Waals surface area contributed by atoms with Crippen LogP contribution in [-0.4, -0.2) is 60.3 Å². The number of methoxy groups -OCH3 is 1. The number of carbonyl (C=O) groups excluding carboxylic acids is 1. The number of carbonyl (C=O) groups is 1. The van der Waals surface area contributed by atoms with E-state index in [0.29, 0.717) is 28.8 Å². The van der Waals surface area contributed by atoms with Crippen LogP contribution in [0, 0.1) is 25.7 Å². The molecule has 2 saturated heterocycles. The van der Waals surface area contributed by atoms with E-state index in [1.807, 2.05) is 68.4 Å². The molecular formula is C27H36N6O2. The molecule has 4 rings (SSSR count). The van der Waals surface area contributed by atoms with Gasteiger partial charge in [0.25, 0.3) is 5.91 Å². The fourth-order valence-corrected chi connectivity index (χ4v) is 5.02. The molecule has 1 amide bonds. The van der Waals surface area contributed by atoms with Gasteiger partial charge in [0, 0.05) is 61.8 Å². The molecule has 35 heavy (non-hydrogen) atoms. The van der Waals surface area contributed by atoms with Gasteiger partial charge in [0.05, 0.1) is 12.7 Å². The molecule has 2 unspecified atom stereocenters. The SMILES string of the molecule is CC=CN(N=CCCC)c1c(OC)cccc1C(=O)N1CC2CN(c3nc(C)cc(C)n3)CC2C1. The second-order valence-electron chi connectivity index (χ2n) is 9.36. The molecule has 0 N–H and O–H groups in total. The van der Waals surface area contributed by atoms with Crippen molar-refractivity contribution in [3.63, 3.8) is 0 Å². The molecule has 2 aliphatic rings. The molecule has 2 aromatic rings. The Bertz CT molecular complexity index is 1080. The van der Waals surface area contributed by atoms with Gasteiger partial charge in [-0.15, -0.1) is 0 Å². The minimum atomic E-state index is 0.0164. The summed E-state index contributed by atoms with van der Waals surface area (Å²) in [5.41, 5.74) is 3.25. The van der Waals surface area contributed by atoms with Crippen molar-refractivity contribution in [3.05, 3.63) is 53.5 Å². The Balaban J connectivity index is 1.54. The summed E-state index contributed by atoms with van der Waals surface area (Å²) in [6.45, 7) is 11.2. The summed E-state index contributed by atoms with van der Waals surface area (Å²) in [5.74, 6) is 2.26. The highest BCUT2D eigenvalue weighted by Gasteiger charge is 2.43. The predicted molar refractivity (Wildman–Crippen MR) is 140 cm³/mol. The van der Waals surface area contributed by atoms with E-state index in [2.05, 4.69) is 26.9 Å². The number of hydrogen-bond acceptors (Lipinski definition) is 7. The van der Waals surface area contributed by atoms with Gasteiger partial charge in [-0.1, -0.05) is 25.5 Å². The Hall–Kier alpha value is -3.42. The summed E-state index contributed by atoms with van der Waals surface area (Å²) < 4.78 is 5.65. The highest BCUT2D eigenvalue weighted by atomic mass is 16.5. The predicted octanol–water partition coefficient (Wildman–Crippen LogP) is 4.44. The van der Waals surface area contributed by atoms with Crippen LogP contribution in [0.2, 0.25) is 0 Å². The third-order valence-electron chi connectivity index (χ3n) is 6.62. The number of hydrazone groups is 1. The maximum Gasteiger partial charge on any atom is 0.256 e. The number of aryl methyl sites for hydroxylation is 2. The van der Waals surface area contributed by atoms with Crippen molar-refractivity contribution in [2.24, 2.45) is 16.9 Å². The van der Waals surface area contributed by atoms with E-state index in [1.165, 1.54) is 0 Å². The number of fused-ring (bicyclic) bond motifs is 1. The van der Waals surface area contributed by atoms with Crippen LogP contribution in [0.5, 0.6) is 5.75 Å². The van der Waals surface area contributed by atoms with Gasteiger partial charge in [-0.3, -0.25) is 4.79 Å². The van der Waals surface area contributed by atoms with Gasteiger partial charge in [-0.25, -0.2) is 15.0 Å². The van der Waals surface area contributed by atoms with E-state index >= 15 is 0 Å². The second kappa shape index (κ2) is 10.9. The zero-order valence-electron chi connectivity index (χ0n) is 21.4. The first-order valence-corrected chi connectivity index (χ1v) is 12.4. The first-order chi connectivity index (χ1) is 16.9. The number of likely N-dealkylation sites (tertiary alicyclic amines) is 1. The van der Waals surface area contributed by atoms with Crippen molar-refractivity contribution in [2.75, 3.05) is 43.2 Å². The first kappa shape index (κ1) is 24.7. The molecule has 8 heteroatoms. The molecule has 2 aliphatic heterocycles. The summed E-state index contributed by atoms with van der Waals surface area (Å²) in [6, 6.07) is 7.61. The lowest BCUT2D eigenvalue weighted by molar-refractivity contribution is 0.0783. The molecule has 0 saturated carbocycles. The van der Waals surface area contributed by atoms with E-state index in [9.17, 15) is 4.79 Å². The molecule has 1 aromatic carbocycles. The highest BCUT2D eigenvalue weighted by molar-refractivity contribution is 6.01. The van der Waals surface area contributed by atoms with E-state index < -0.39 is 0 Å². The molecule has 186 valence electrons. The van der Waals surface area contributed by atoms with Gasteiger partial charge in [0.1, 0.15) is 11.4 Å². The number of hydrogen-bond donors (Lipinski definition) is 0. The van der Waals surface area contributed by atoms with Crippen LogP contribution >= 0.6 is 0 Å². The van der Waals surface area contributed by atoms with Gasteiger partial charge in [0.15, 0.2) is 0 Å². The van der Waals surface area contributed by atoms with E-state index in [4.69, 9.17) is 4.74 Å². The van der Waals surface area contributed by atoms with Gasteiger partial charge in [-0.2, -0.15) is 5.10 Å². The lowest BCUT2D eigenvalue weighted by Gasteiger charge is -2.25. The third kappa shape index (κ3) is 5.31. The largest absolute Gasteiger partial charge is 0.494 e. The molecule has 2 fully saturated rings. The van der Waals surface area contributed by atoms with Crippen LogP contribution in [0.3, 0.4) is 0 Å². The quantitative estimate of drug-likeness (QED) is 0.414. The summed E-state index contributed by atoms with van der Waals surface area (Å²) >= 11 is 0. The van der Waals surface area contributed by atoms with Crippen LogP contribution < -0.4 is 14.6 Å². The normalized spacial score (nSPS) is 19.7. The minimum absolute atomic E-state index is 0.0164.